The van der Waals surface area contributed by atoms with Crippen LogP contribution in [-0.2, 0) is 24.5 Å². The minimum atomic E-state index is 0.463. The lowest BCUT2D eigenvalue weighted by molar-refractivity contribution is 0.130. The molecule has 0 aliphatic carbocycles. The monoisotopic (exact) mass is 229 g/mol. The van der Waals surface area contributed by atoms with Crippen LogP contribution in [0.4, 0.5) is 0 Å². The molecule has 4 nitrogen and oxygen atoms in total. The third kappa shape index (κ3) is 1.57. The van der Waals surface area contributed by atoms with Gasteiger partial charge in [0, 0.05) is 12.1 Å². The molecule has 1 aliphatic rings. The second-order valence-corrected chi connectivity index (χ2v) is 4.27. The van der Waals surface area contributed by atoms with E-state index in [2.05, 4.69) is 24.2 Å². The van der Waals surface area contributed by atoms with Crippen molar-refractivity contribution in [3.05, 3.63) is 46.8 Å². The molecule has 0 amide bonds. The van der Waals surface area contributed by atoms with E-state index in [1.54, 1.807) is 0 Å². The average molecular weight is 229 g/mol. The summed E-state index contributed by atoms with van der Waals surface area (Å²) in [7, 11) is 0. The minimum absolute atomic E-state index is 0.463. The predicted octanol–water partition coefficient (Wildman–Crippen LogP) is 1.67. The summed E-state index contributed by atoms with van der Waals surface area (Å²) in [5.74, 6) is 0. The zero-order valence-electron chi connectivity index (χ0n) is 9.81. The molecular weight excluding hydrogens is 214 g/mol. The predicted molar refractivity (Wildman–Crippen MR) is 64.7 cm³/mol. The van der Waals surface area contributed by atoms with Crippen LogP contribution >= 0.6 is 0 Å². The van der Waals surface area contributed by atoms with Crippen LogP contribution in [0.25, 0.3) is 5.69 Å². The van der Waals surface area contributed by atoms with Crippen molar-refractivity contribution in [3.63, 3.8) is 0 Å². The lowest BCUT2D eigenvalue weighted by atomic mass is 10.2. The minimum Gasteiger partial charge on any atom is -0.370 e. The van der Waals surface area contributed by atoms with Gasteiger partial charge in [-0.2, -0.15) is 5.10 Å². The number of hydrogen-bond acceptors (Lipinski definition) is 3. The first-order valence-corrected chi connectivity index (χ1v) is 5.74. The van der Waals surface area contributed by atoms with Crippen molar-refractivity contribution in [2.75, 3.05) is 0 Å². The number of nitrogens with two attached hydrogens (primary N) is 1. The number of benzene rings is 1. The van der Waals surface area contributed by atoms with Crippen LogP contribution in [0, 0.1) is 6.92 Å². The molecule has 2 N–H and O–H groups in total. The van der Waals surface area contributed by atoms with Crippen molar-refractivity contribution in [3.8, 4) is 5.69 Å². The highest BCUT2D eigenvalue weighted by Gasteiger charge is 2.23. The van der Waals surface area contributed by atoms with E-state index < -0.39 is 0 Å². The SMILES string of the molecule is Cc1ccccc1-n1nc(CN)c2c1COC2. The Hall–Kier alpha value is -1.65. The number of hydrogen-bond donors (Lipinski definition) is 1. The molecular formula is C13H15N3O. The zero-order valence-corrected chi connectivity index (χ0v) is 9.81. The molecule has 0 radical (unpaired) electrons. The molecule has 0 atom stereocenters. The first-order chi connectivity index (χ1) is 8.31. The van der Waals surface area contributed by atoms with Crippen LogP contribution in [0.3, 0.4) is 0 Å². The maximum Gasteiger partial charge on any atom is 0.0897 e. The Labute approximate surface area is 100 Å². The molecule has 0 bridgehead atoms. The van der Waals surface area contributed by atoms with Crippen molar-refractivity contribution < 1.29 is 4.74 Å². The lowest BCUT2D eigenvalue weighted by Gasteiger charge is -2.08. The molecule has 0 unspecified atom stereocenters. The van der Waals surface area contributed by atoms with Gasteiger partial charge in [-0.1, -0.05) is 18.2 Å². The second kappa shape index (κ2) is 3.98. The van der Waals surface area contributed by atoms with Gasteiger partial charge in [0.05, 0.1) is 30.3 Å². The molecule has 0 fully saturated rings. The van der Waals surface area contributed by atoms with Crippen molar-refractivity contribution in [2.45, 2.75) is 26.7 Å². The summed E-state index contributed by atoms with van der Waals surface area (Å²) >= 11 is 0. The van der Waals surface area contributed by atoms with Gasteiger partial charge < -0.3 is 10.5 Å². The topological polar surface area (TPSA) is 53.1 Å². The quantitative estimate of drug-likeness (QED) is 0.852. The molecule has 3 rings (SSSR count). The third-order valence-electron chi connectivity index (χ3n) is 3.20. The molecule has 1 aromatic heterocycles. The maximum atomic E-state index is 5.72. The Morgan fingerprint density at radius 1 is 1.35 bits per heavy atom. The van der Waals surface area contributed by atoms with E-state index >= 15 is 0 Å². The first kappa shape index (κ1) is 10.5. The summed E-state index contributed by atoms with van der Waals surface area (Å²) < 4.78 is 7.46. The number of fused-ring (bicyclic) bond motifs is 1. The van der Waals surface area contributed by atoms with Crippen LogP contribution in [0.2, 0.25) is 0 Å². The lowest BCUT2D eigenvalue weighted by Crippen LogP contribution is -2.05. The van der Waals surface area contributed by atoms with Crippen LogP contribution in [0.15, 0.2) is 24.3 Å². The van der Waals surface area contributed by atoms with E-state index in [9.17, 15) is 0 Å². The Balaban J connectivity index is 2.19. The van der Waals surface area contributed by atoms with Crippen LogP contribution in [0.1, 0.15) is 22.5 Å². The van der Waals surface area contributed by atoms with Crippen molar-refractivity contribution in [2.24, 2.45) is 5.73 Å². The summed E-state index contributed by atoms with van der Waals surface area (Å²) in [6.45, 7) is 3.80. The second-order valence-electron chi connectivity index (χ2n) is 4.27. The molecule has 2 heterocycles. The number of aromatic nitrogens is 2. The van der Waals surface area contributed by atoms with Gasteiger partial charge in [-0.3, -0.25) is 0 Å². The smallest absolute Gasteiger partial charge is 0.0897 e. The molecule has 1 aliphatic heterocycles. The Morgan fingerprint density at radius 3 is 2.94 bits per heavy atom. The first-order valence-electron chi connectivity index (χ1n) is 5.74. The van der Waals surface area contributed by atoms with Gasteiger partial charge in [0.25, 0.3) is 0 Å². The van der Waals surface area contributed by atoms with Gasteiger partial charge >= 0.3 is 0 Å². The molecule has 1 aromatic carbocycles. The van der Waals surface area contributed by atoms with Gasteiger partial charge in [-0.05, 0) is 18.6 Å². The highest BCUT2D eigenvalue weighted by molar-refractivity contribution is 5.43. The van der Waals surface area contributed by atoms with E-state index in [1.165, 1.54) is 5.56 Å². The largest absolute Gasteiger partial charge is 0.370 e. The molecule has 4 heteroatoms. The molecule has 0 saturated carbocycles. The van der Waals surface area contributed by atoms with Crippen molar-refractivity contribution >= 4 is 0 Å². The van der Waals surface area contributed by atoms with Crippen LogP contribution in [0.5, 0.6) is 0 Å². The summed E-state index contributed by atoms with van der Waals surface area (Å²) in [6.07, 6.45) is 0. The summed E-state index contributed by atoms with van der Waals surface area (Å²) in [4.78, 5) is 0. The standard InChI is InChI=1S/C13H15N3O/c1-9-4-2-3-5-12(9)16-13-8-17-7-10(13)11(6-14)15-16/h2-5H,6-8,14H2,1H3. The van der Waals surface area contributed by atoms with Gasteiger partial charge in [-0.15, -0.1) is 0 Å². The number of ether oxygens (including phenoxy) is 1. The molecule has 0 saturated heterocycles. The van der Waals surface area contributed by atoms with Gasteiger partial charge in [-0.25, -0.2) is 4.68 Å². The Bertz CT molecular complexity index is 560. The summed E-state index contributed by atoms with van der Waals surface area (Å²) in [5, 5.41) is 4.59. The molecule has 0 spiro atoms. The van der Waals surface area contributed by atoms with Crippen LogP contribution in [-0.4, -0.2) is 9.78 Å². The molecule has 17 heavy (non-hydrogen) atoms. The van der Waals surface area contributed by atoms with E-state index in [0.29, 0.717) is 19.8 Å². The zero-order chi connectivity index (χ0) is 11.8. The van der Waals surface area contributed by atoms with Gasteiger partial charge in [0.1, 0.15) is 0 Å². The number of nitrogens with zero attached hydrogens (tertiary/aromatic N) is 2. The molecule has 2 aromatic rings. The van der Waals surface area contributed by atoms with E-state index in [0.717, 1.165) is 22.6 Å². The number of rotatable bonds is 2. The fraction of sp³-hybridized carbons (Fsp3) is 0.308. The molecule has 88 valence electrons. The van der Waals surface area contributed by atoms with E-state index in [1.807, 2.05) is 16.8 Å². The van der Waals surface area contributed by atoms with E-state index in [-0.39, 0.29) is 0 Å². The van der Waals surface area contributed by atoms with E-state index in [4.69, 9.17) is 10.5 Å². The third-order valence-corrected chi connectivity index (χ3v) is 3.20. The van der Waals surface area contributed by atoms with Gasteiger partial charge in [0.2, 0.25) is 0 Å². The Kier molecular flexibility index (Phi) is 2.46. The summed E-state index contributed by atoms with van der Waals surface area (Å²) in [6, 6.07) is 8.21. The number of aryl methyl sites for hydroxylation is 1. The van der Waals surface area contributed by atoms with Crippen molar-refractivity contribution in [1.82, 2.24) is 9.78 Å². The van der Waals surface area contributed by atoms with Crippen LogP contribution < -0.4 is 5.73 Å². The maximum absolute atomic E-state index is 5.72. The van der Waals surface area contributed by atoms with Crippen molar-refractivity contribution in [1.29, 1.82) is 0 Å². The average Bonchev–Trinajstić information content (AvgIpc) is 2.91. The normalized spacial score (nSPS) is 14.0. The highest BCUT2D eigenvalue weighted by Crippen LogP contribution is 2.26. The number of para-hydroxylation sites is 1. The summed E-state index contributed by atoms with van der Waals surface area (Å²) in [5.41, 5.74) is 11.3. The Morgan fingerprint density at radius 2 is 2.18 bits per heavy atom. The fourth-order valence-corrected chi connectivity index (χ4v) is 2.26. The van der Waals surface area contributed by atoms with Gasteiger partial charge in [0.15, 0.2) is 0 Å². The fourth-order valence-electron chi connectivity index (χ4n) is 2.26. The highest BCUT2D eigenvalue weighted by atomic mass is 16.5.